The highest BCUT2D eigenvalue weighted by molar-refractivity contribution is 7.80. The van der Waals surface area contributed by atoms with E-state index in [-0.39, 0.29) is 6.17 Å². The van der Waals surface area contributed by atoms with Crippen molar-refractivity contribution in [2.45, 2.75) is 26.2 Å². The molecule has 52 valence electrons. The summed E-state index contributed by atoms with van der Waals surface area (Å²) in [5, 5.41) is 12.6. The van der Waals surface area contributed by atoms with E-state index in [9.17, 15) is 0 Å². The van der Waals surface area contributed by atoms with E-state index >= 15 is 0 Å². The number of aliphatic hydroxyl groups is 1. The lowest BCUT2D eigenvalue weighted by Crippen LogP contribution is -2.66. The Morgan fingerprint density at radius 1 is 1.89 bits per heavy atom. The second kappa shape index (κ2) is 2.11. The maximum atomic E-state index is 9.01. The summed E-state index contributed by atoms with van der Waals surface area (Å²) in [5.74, 6) is 0. The molecule has 0 spiro atoms. The minimum absolute atomic E-state index is 0.192. The summed E-state index contributed by atoms with van der Waals surface area (Å²) in [4.78, 5) is 1.73. The molecule has 1 fully saturated rings. The Morgan fingerprint density at radius 3 is 2.56 bits per heavy atom. The fraction of sp³-hybridized carbons (Fsp3) is 0.800. The van der Waals surface area contributed by atoms with Crippen molar-refractivity contribution in [2.24, 2.45) is 0 Å². The molecule has 0 saturated carbocycles. The van der Waals surface area contributed by atoms with E-state index in [0.29, 0.717) is 5.11 Å². The Labute approximate surface area is 59.7 Å². The lowest BCUT2D eigenvalue weighted by molar-refractivity contribution is 0.0154. The van der Waals surface area contributed by atoms with Gasteiger partial charge < -0.3 is 15.3 Å². The normalized spacial score (nSPS) is 29.0. The van der Waals surface area contributed by atoms with E-state index in [1.54, 1.807) is 11.8 Å². The molecule has 0 bridgehead atoms. The molecule has 0 radical (unpaired) electrons. The molecule has 0 aromatic rings. The minimum atomic E-state index is -0.464. The maximum absolute atomic E-state index is 9.01. The van der Waals surface area contributed by atoms with Gasteiger partial charge in [-0.1, -0.05) is 0 Å². The van der Waals surface area contributed by atoms with Gasteiger partial charge in [0.05, 0.1) is 0 Å². The van der Waals surface area contributed by atoms with E-state index in [4.69, 9.17) is 17.3 Å². The number of aliphatic hydroxyl groups excluding tert-OH is 1. The van der Waals surface area contributed by atoms with Gasteiger partial charge in [0, 0.05) is 0 Å². The number of hydrogen-bond acceptors (Lipinski definition) is 2. The predicted octanol–water partition coefficient (Wildman–Crippen LogP) is -0.139. The van der Waals surface area contributed by atoms with Gasteiger partial charge in [0.15, 0.2) is 5.11 Å². The van der Waals surface area contributed by atoms with E-state index < -0.39 is 6.23 Å². The summed E-state index contributed by atoms with van der Waals surface area (Å²) in [7, 11) is 0. The molecule has 9 heavy (non-hydrogen) atoms. The Bertz CT molecular complexity index is 132. The molecule has 2 atom stereocenters. The van der Waals surface area contributed by atoms with Crippen molar-refractivity contribution < 1.29 is 5.11 Å². The van der Waals surface area contributed by atoms with Crippen LogP contribution in [-0.4, -0.2) is 27.5 Å². The lowest BCUT2D eigenvalue weighted by Gasteiger charge is -2.44. The molecule has 1 aliphatic rings. The number of hydrogen-bond donors (Lipinski definition) is 2. The molecule has 3 nitrogen and oxygen atoms in total. The zero-order valence-electron chi connectivity index (χ0n) is 5.46. The molecule has 2 N–H and O–H groups in total. The van der Waals surface area contributed by atoms with Crippen molar-refractivity contribution in [3.63, 3.8) is 0 Å². The molecule has 0 amide bonds. The van der Waals surface area contributed by atoms with Gasteiger partial charge in [-0.3, -0.25) is 0 Å². The number of nitrogens with zero attached hydrogens (tertiary/aromatic N) is 1. The van der Waals surface area contributed by atoms with Crippen molar-refractivity contribution in [1.29, 1.82) is 0 Å². The van der Waals surface area contributed by atoms with Gasteiger partial charge in [-0.15, -0.1) is 0 Å². The molecular weight excluding hydrogens is 136 g/mol. The molecule has 4 heteroatoms. The quantitative estimate of drug-likeness (QED) is 0.505. The Balaban J connectivity index is 2.49. The van der Waals surface area contributed by atoms with Crippen LogP contribution in [0.2, 0.25) is 0 Å². The zero-order chi connectivity index (χ0) is 7.02. The molecule has 1 aliphatic heterocycles. The third-order valence-electron chi connectivity index (χ3n) is 1.39. The van der Waals surface area contributed by atoms with Crippen LogP contribution in [0.3, 0.4) is 0 Å². The largest absolute Gasteiger partial charge is 0.374 e. The molecule has 1 saturated heterocycles. The lowest BCUT2D eigenvalue weighted by atomic mass is 10.3. The van der Waals surface area contributed by atoms with E-state index in [1.807, 2.05) is 6.92 Å². The van der Waals surface area contributed by atoms with Crippen LogP contribution >= 0.6 is 12.2 Å². The fourth-order valence-electron chi connectivity index (χ4n) is 0.926. The van der Waals surface area contributed by atoms with Crippen LogP contribution in [0.5, 0.6) is 0 Å². The summed E-state index contributed by atoms with van der Waals surface area (Å²) < 4.78 is 0. The highest BCUT2D eigenvalue weighted by atomic mass is 32.1. The highest BCUT2D eigenvalue weighted by Crippen LogP contribution is 2.10. The van der Waals surface area contributed by atoms with Crippen LogP contribution in [0, 0.1) is 0 Å². The van der Waals surface area contributed by atoms with E-state index in [2.05, 4.69) is 5.32 Å². The SMILES string of the molecule is CC(O)N1C(=S)NC1C. The maximum Gasteiger partial charge on any atom is 0.174 e. The van der Waals surface area contributed by atoms with Crippen molar-refractivity contribution in [1.82, 2.24) is 10.2 Å². The summed E-state index contributed by atoms with van der Waals surface area (Å²) in [6.45, 7) is 3.64. The van der Waals surface area contributed by atoms with Gasteiger partial charge in [0.25, 0.3) is 0 Å². The zero-order valence-corrected chi connectivity index (χ0v) is 6.27. The average molecular weight is 146 g/mol. The van der Waals surface area contributed by atoms with Gasteiger partial charge in [0.1, 0.15) is 12.4 Å². The summed E-state index contributed by atoms with van der Waals surface area (Å²) in [6, 6.07) is 0. The molecule has 2 unspecified atom stereocenters. The average Bonchev–Trinajstić information content (AvgIpc) is 1.62. The fourth-order valence-corrected chi connectivity index (χ4v) is 1.41. The van der Waals surface area contributed by atoms with Crippen molar-refractivity contribution in [3.05, 3.63) is 0 Å². The van der Waals surface area contributed by atoms with Crippen molar-refractivity contribution in [3.8, 4) is 0 Å². The van der Waals surface area contributed by atoms with E-state index in [1.165, 1.54) is 0 Å². The first-order valence-electron chi connectivity index (χ1n) is 2.90. The molecule has 0 aliphatic carbocycles. The predicted molar refractivity (Wildman–Crippen MR) is 38.7 cm³/mol. The highest BCUT2D eigenvalue weighted by Gasteiger charge is 2.30. The number of rotatable bonds is 1. The summed E-state index contributed by atoms with van der Waals surface area (Å²) in [5.41, 5.74) is 0. The van der Waals surface area contributed by atoms with Crippen LogP contribution < -0.4 is 5.32 Å². The number of nitrogens with one attached hydrogen (secondary N) is 1. The Morgan fingerprint density at radius 2 is 2.44 bits per heavy atom. The van der Waals surface area contributed by atoms with Crippen molar-refractivity contribution in [2.75, 3.05) is 0 Å². The second-order valence-electron chi connectivity index (χ2n) is 2.16. The van der Waals surface area contributed by atoms with Crippen LogP contribution in [0.25, 0.3) is 0 Å². The first-order chi connectivity index (χ1) is 4.13. The van der Waals surface area contributed by atoms with Crippen LogP contribution in [0.4, 0.5) is 0 Å². The van der Waals surface area contributed by atoms with E-state index in [0.717, 1.165) is 0 Å². The first kappa shape index (κ1) is 6.77. The molecule has 0 aromatic carbocycles. The summed E-state index contributed by atoms with van der Waals surface area (Å²) in [6.07, 6.45) is -0.272. The van der Waals surface area contributed by atoms with Gasteiger partial charge in [-0.2, -0.15) is 0 Å². The van der Waals surface area contributed by atoms with Crippen LogP contribution in [-0.2, 0) is 0 Å². The van der Waals surface area contributed by atoms with Gasteiger partial charge in [-0.05, 0) is 26.1 Å². The first-order valence-corrected chi connectivity index (χ1v) is 3.30. The minimum Gasteiger partial charge on any atom is -0.374 e. The molecule has 0 aromatic heterocycles. The van der Waals surface area contributed by atoms with Crippen LogP contribution in [0.1, 0.15) is 13.8 Å². The van der Waals surface area contributed by atoms with Gasteiger partial charge >= 0.3 is 0 Å². The smallest absolute Gasteiger partial charge is 0.174 e. The monoisotopic (exact) mass is 146 g/mol. The summed E-state index contributed by atoms with van der Waals surface area (Å²) >= 11 is 4.81. The molecular formula is C5H10N2OS. The topological polar surface area (TPSA) is 35.5 Å². The molecule has 1 rings (SSSR count). The van der Waals surface area contributed by atoms with Crippen molar-refractivity contribution >= 4 is 17.3 Å². The third kappa shape index (κ3) is 0.997. The third-order valence-corrected chi connectivity index (χ3v) is 1.72. The second-order valence-corrected chi connectivity index (χ2v) is 2.55. The van der Waals surface area contributed by atoms with Crippen LogP contribution in [0.15, 0.2) is 0 Å². The van der Waals surface area contributed by atoms with Gasteiger partial charge in [0.2, 0.25) is 0 Å². The number of thiocarbonyl (C=S) groups is 1. The van der Waals surface area contributed by atoms with Gasteiger partial charge in [-0.25, -0.2) is 0 Å². The Kier molecular flexibility index (Phi) is 1.59. The molecule has 1 heterocycles. The Hall–Kier alpha value is -0.350. The standard InChI is InChI=1S/C5H10N2OS/c1-3-6-5(9)7(3)4(2)8/h3-4,8H,1-2H3,(H,6,9).